The van der Waals surface area contributed by atoms with E-state index in [0.717, 1.165) is 20.8 Å². The van der Waals surface area contributed by atoms with Crippen molar-refractivity contribution in [1.82, 2.24) is 15.3 Å². The lowest BCUT2D eigenvalue weighted by Crippen LogP contribution is -2.25. The molecule has 9 heteroatoms. The van der Waals surface area contributed by atoms with E-state index in [-0.39, 0.29) is 11.5 Å². The number of benzene rings is 1. The number of carbonyl (C=O) groups excluding carboxylic acids is 2. The molecule has 3 aromatic rings. The van der Waals surface area contributed by atoms with Crippen LogP contribution in [0, 0.1) is 6.92 Å². The Morgan fingerprint density at radius 2 is 2.07 bits per heavy atom. The zero-order chi connectivity index (χ0) is 20.1. The molecular weight excluding hydrogens is 398 g/mol. The third-order valence-electron chi connectivity index (χ3n) is 3.86. The van der Waals surface area contributed by atoms with Crippen molar-refractivity contribution in [3.8, 4) is 5.75 Å². The summed E-state index contributed by atoms with van der Waals surface area (Å²) in [5.41, 5.74) is 0.807. The van der Waals surface area contributed by atoms with Crippen LogP contribution in [0.5, 0.6) is 5.75 Å². The minimum Gasteiger partial charge on any atom is -0.497 e. The monoisotopic (exact) mass is 417 g/mol. The molecule has 7 nitrogen and oxygen atoms in total. The Kier molecular flexibility index (Phi) is 6.61. The van der Waals surface area contributed by atoms with E-state index in [4.69, 9.17) is 9.84 Å². The van der Waals surface area contributed by atoms with E-state index >= 15 is 0 Å². The van der Waals surface area contributed by atoms with E-state index in [1.807, 2.05) is 25.1 Å². The predicted molar refractivity (Wildman–Crippen MR) is 109 cm³/mol. The van der Waals surface area contributed by atoms with Gasteiger partial charge >= 0.3 is 0 Å². The van der Waals surface area contributed by atoms with E-state index in [1.165, 1.54) is 23.1 Å². The van der Waals surface area contributed by atoms with Gasteiger partial charge in [-0.1, -0.05) is 11.8 Å². The normalized spacial score (nSPS) is 10.8. The number of aliphatic hydroxyl groups excluding tert-OH is 1. The fraction of sp³-hybridized carbons (Fsp3) is 0.263. The molecule has 3 rings (SSSR count). The second-order valence-corrected chi connectivity index (χ2v) is 8.00. The molecule has 0 atom stereocenters. The number of hydrogen-bond acceptors (Lipinski definition) is 8. The number of thiophene rings is 1. The van der Waals surface area contributed by atoms with Crippen LogP contribution in [0.4, 0.5) is 0 Å². The van der Waals surface area contributed by atoms with E-state index in [2.05, 4.69) is 15.3 Å². The number of carbonyl (C=O) groups is 2. The number of fused-ring (bicyclic) bond motifs is 1. The first kappa shape index (κ1) is 20.2. The summed E-state index contributed by atoms with van der Waals surface area (Å²) < 4.78 is 5.28. The summed E-state index contributed by atoms with van der Waals surface area (Å²) in [6.45, 7) is 1.56. The number of ether oxygens (including phenoxy) is 1. The van der Waals surface area contributed by atoms with Gasteiger partial charge in [0.25, 0.3) is 0 Å². The number of thioether (sulfide) groups is 1. The highest BCUT2D eigenvalue weighted by Crippen LogP contribution is 2.29. The predicted octanol–water partition coefficient (Wildman–Crippen LogP) is 2.59. The van der Waals surface area contributed by atoms with E-state index in [9.17, 15) is 9.59 Å². The summed E-state index contributed by atoms with van der Waals surface area (Å²) in [6.07, 6.45) is 0. The highest BCUT2D eigenvalue weighted by Gasteiger charge is 2.14. The van der Waals surface area contributed by atoms with Gasteiger partial charge in [-0.15, -0.1) is 11.3 Å². The summed E-state index contributed by atoms with van der Waals surface area (Å²) in [5.74, 6) is 1.14. The standard InChI is InChI=1S/C19H19N3O4S2/c1-11-21-15-5-3-12(26-2)7-14(15)19(22-11)27-10-16(24)17-6-4-13(28-17)8-20-18(25)9-23/h3-7,23H,8-10H2,1-2H3,(H,20,25). The maximum absolute atomic E-state index is 12.6. The Balaban J connectivity index is 1.71. The van der Waals surface area contributed by atoms with Crippen LogP contribution < -0.4 is 10.1 Å². The van der Waals surface area contributed by atoms with Crippen molar-refractivity contribution >= 4 is 45.7 Å². The van der Waals surface area contributed by atoms with Crippen LogP contribution >= 0.6 is 23.1 Å². The van der Waals surface area contributed by atoms with Crippen LogP contribution in [0.25, 0.3) is 10.9 Å². The fourth-order valence-electron chi connectivity index (χ4n) is 2.50. The molecular formula is C19H19N3O4S2. The lowest BCUT2D eigenvalue weighted by atomic mass is 10.2. The van der Waals surface area contributed by atoms with Gasteiger partial charge in [-0.3, -0.25) is 9.59 Å². The van der Waals surface area contributed by atoms with Gasteiger partial charge in [-0.25, -0.2) is 9.97 Å². The lowest BCUT2D eigenvalue weighted by molar-refractivity contribution is -0.123. The fourth-order valence-corrected chi connectivity index (χ4v) is 4.41. The number of rotatable bonds is 8. The molecule has 0 saturated heterocycles. The maximum atomic E-state index is 12.6. The first-order valence-corrected chi connectivity index (χ1v) is 10.2. The van der Waals surface area contributed by atoms with E-state index in [0.29, 0.717) is 23.0 Å². The van der Waals surface area contributed by atoms with Crippen molar-refractivity contribution in [2.24, 2.45) is 0 Å². The smallest absolute Gasteiger partial charge is 0.246 e. The lowest BCUT2D eigenvalue weighted by Gasteiger charge is -2.08. The molecule has 2 N–H and O–H groups in total. The number of amides is 1. The van der Waals surface area contributed by atoms with Gasteiger partial charge in [0.2, 0.25) is 5.91 Å². The zero-order valence-electron chi connectivity index (χ0n) is 15.4. The van der Waals surface area contributed by atoms with Gasteiger partial charge < -0.3 is 15.2 Å². The van der Waals surface area contributed by atoms with Crippen molar-refractivity contribution in [3.63, 3.8) is 0 Å². The number of Topliss-reactive ketones (excluding diaryl/α,β-unsaturated/α-hetero) is 1. The SMILES string of the molecule is COc1ccc2nc(C)nc(SCC(=O)c3ccc(CNC(=O)CO)s3)c2c1. The van der Waals surface area contributed by atoms with Crippen molar-refractivity contribution < 1.29 is 19.4 Å². The Labute approximate surface area is 170 Å². The number of aliphatic hydroxyl groups is 1. The number of aryl methyl sites for hydroxylation is 1. The van der Waals surface area contributed by atoms with Crippen LogP contribution in [0.3, 0.4) is 0 Å². The molecule has 2 aromatic heterocycles. The number of hydrogen-bond donors (Lipinski definition) is 2. The van der Waals surface area contributed by atoms with Crippen molar-refractivity contribution in [2.45, 2.75) is 18.5 Å². The topological polar surface area (TPSA) is 101 Å². The molecule has 0 unspecified atom stereocenters. The number of ketones is 1. The third-order valence-corrected chi connectivity index (χ3v) is 5.98. The van der Waals surface area contributed by atoms with E-state index < -0.39 is 12.5 Å². The molecule has 0 aliphatic carbocycles. The molecule has 0 bridgehead atoms. The molecule has 146 valence electrons. The number of nitrogens with zero attached hydrogens (tertiary/aromatic N) is 2. The average Bonchev–Trinajstić information content (AvgIpc) is 3.18. The van der Waals surface area contributed by atoms with Crippen LogP contribution in [-0.4, -0.2) is 46.2 Å². The molecule has 0 aliphatic heterocycles. The Morgan fingerprint density at radius 1 is 1.25 bits per heavy atom. The molecule has 1 amide bonds. The van der Waals surface area contributed by atoms with Gasteiger partial charge in [0.15, 0.2) is 5.78 Å². The summed E-state index contributed by atoms with van der Waals surface area (Å²) in [7, 11) is 1.60. The first-order chi connectivity index (χ1) is 13.5. The molecule has 28 heavy (non-hydrogen) atoms. The summed E-state index contributed by atoms with van der Waals surface area (Å²) >= 11 is 2.69. The van der Waals surface area contributed by atoms with Crippen molar-refractivity contribution in [1.29, 1.82) is 0 Å². The highest BCUT2D eigenvalue weighted by atomic mass is 32.2. The number of aromatic nitrogens is 2. The average molecular weight is 418 g/mol. The van der Waals surface area contributed by atoms with Gasteiger partial charge in [0, 0.05) is 10.3 Å². The Morgan fingerprint density at radius 3 is 2.82 bits per heavy atom. The number of nitrogens with one attached hydrogen (secondary N) is 1. The molecule has 0 spiro atoms. The minimum atomic E-state index is -0.551. The Hall–Kier alpha value is -2.49. The quantitative estimate of drug-likeness (QED) is 0.330. The summed E-state index contributed by atoms with van der Waals surface area (Å²) in [6, 6.07) is 9.14. The second kappa shape index (κ2) is 9.13. The molecule has 0 aliphatic rings. The third kappa shape index (κ3) is 4.86. The zero-order valence-corrected chi connectivity index (χ0v) is 17.0. The first-order valence-electron chi connectivity index (χ1n) is 8.45. The van der Waals surface area contributed by atoms with Gasteiger partial charge in [-0.2, -0.15) is 0 Å². The second-order valence-electron chi connectivity index (χ2n) is 5.87. The van der Waals surface area contributed by atoms with Crippen LogP contribution in [0.2, 0.25) is 0 Å². The molecule has 2 heterocycles. The van der Waals surface area contributed by atoms with Crippen LogP contribution in [0.1, 0.15) is 20.4 Å². The molecule has 0 saturated carbocycles. The Bertz CT molecular complexity index is 1020. The van der Waals surface area contributed by atoms with Crippen molar-refractivity contribution in [2.75, 3.05) is 19.5 Å². The van der Waals surface area contributed by atoms with Gasteiger partial charge in [0.05, 0.1) is 29.8 Å². The van der Waals surface area contributed by atoms with Gasteiger partial charge in [0.1, 0.15) is 23.2 Å². The van der Waals surface area contributed by atoms with Gasteiger partial charge in [-0.05, 0) is 37.3 Å². The highest BCUT2D eigenvalue weighted by molar-refractivity contribution is 8.00. The summed E-state index contributed by atoms with van der Waals surface area (Å²) in [5, 5.41) is 12.9. The summed E-state index contributed by atoms with van der Waals surface area (Å²) in [4.78, 5) is 34.1. The molecule has 0 radical (unpaired) electrons. The van der Waals surface area contributed by atoms with E-state index in [1.54, 1.807) is 19.2 Å². The van der Waals surface area contributed by atoms with Crippen LogP contribution in [0.15, 0.2) is 35.4 Å². The van der Waals surface area contributed by atoms with Crippen LogP contribution in [-0.2, 0) is 11.3 Å². The van der Waals surface area contributed by atoms with Crippen molar-refractivity contribution in [3.05, 3.63) is 45.9 Å². The minimum absolute atomic E-state index is 0.0120. The maximum Gasteiger partial charge on any atom is 0.246 e. The molecule has 0 fully saturated rings. The molecule has 1 aromatic carbocycles. The number of methoxy groups -OCH3 is 1. The largest absolute Gasteiger partial charge is 0.497 e.